The van der Waals surface area contributed by atoms with Crippen molar-refractivity contribution in [1.29, 1.82) is 0 Å². The van der Waals surface area contributed by atoms with Crippen LogP contribution in [0.4, 0.5) is 0 Å². The molecule has 1 saturated carbocycles. The number of aromatic nitrogens is 1. The van der Waals surface area contributed by atoms with E-state index in [1.165, 1.54) is 59.9 Å². The Morgan fingerprint density at radius 2 is 1.81 bits per heavy atom. The molecule has 1 aromatic heterocycles. The summed E-state index contributed by atoms with van der Waals surface area (Å²) in [5.41, 5.74) is 6.46. The molecular formula is C30H35N3O3. The third-order valence-corrected chi connectivity index (χ3v) is 8.61. The van der Waals surface area contributed by atoms with Crippen molar-refractivity contribution < 1.29 is 14.7 Å². The molecule has 0 bridgehead atoms. The van der Waals surface area contributed by atoms with Gasteiger partial charge in [-0.15, -0.1) is 0 Å². The van der Waals surface area contributed by atoms with Crippen molar-refractivity contribution in [3.63, 3.8) is 0 Å². The van der Waals surface area contributed by atoms with Crippen molar-refractivity contribution >= 4 is 22.8 Å². The summed E-state index contributed by atoms with van der Waals surface area (Å²) in [5, 5.41) is 11.0. The summed E-state index contributed by atoms with van der Waals surface area (Å²) in [4.78, 5) is 29.3. The molecule has 0 unspecified atom stereocenters. The Labute approximate surface area is 212 Å². The molecule has 6 rings (SSSR count). The summed E-state index contributed by atoms with van der Waals surface area (Å²) >= 11 is 0. The van der Waals surface area contributed by atoms with Crippen molar-refractivity contribution in [2.45, 2.75) is 57.0 Å². The van der Waals surface area contributed by atoms with E-state index >= 15 is 0 Å². The van der Waals surface area contributed by atoms with Crippen LogP contribution in [-0.2, 0) is 11.3 Å². The van der Waals surface area contributed by atoms with E-state index in [4.69, 9.17) is 0 Å². The lowest BCUT2D eigenvalue weighted by atomic mass is 9.81. The average Bonchev–Trinajstić information content (AvgIpc) is 3.39. The van der Waals surface area contributed by atoms with Crippen molar-refractivity contribution in [3.8, 4) is 11.3 Å². The van der Waals surface area contributed by atoms with E-state index in [-0.39, 0.29) is 11.9 Å². The number of carboxylic acid groups (broad SMARTS) is 1. The Kier molecular flexibility index (Phi) is 5.87. The molecular weight excluding hydrogens is 450 g/mol. The van der Waals surface area contributed by atoms with Gasteiger partial charge in [-0.05, 0) is 62.5 Å². The van der Waals surface area contributed by atoms with Gasteiger partial charge in [0.2, 0.25) is 5.91 Å². The van der Waals surface area contributed by atoms with Crippen LogP contribution in [0.5, 0.6) is 0 Å². The molecule has 0 spiro atoms. The largest absolute Gasteiger partial charge is 0.478 e. The molecule has 3 aromatic rings. The van der Waals surface area contributed by atoms with Gasteiger partial charge in [-0.3, -0.25) is 4.79 Å². The molecule has 6 nitrogen and oxygen atoms in total. The number of benzene rings is 2. The zero-order chi connectivity index (χ0) is 25.0. The Morgan fingerprint density at radius 1 is 1.03 bits per heavy atom. The molecule has 36 heavy (non-hydrogen) atoms. The monoisotopic (exact) mass is 485 g/mol. The Balaban J connectivity index is 1.58. The topological polar surface area (TPSA) is 65.8 Å². The van der Waals surface area contributed by atoms with Crippen molar-refractivity contribution in [2.24, 2.45) is 5.92 Å². The predicted molar refractivity (Wildman–Crippen MR) is 141 cm³/mol. The van der Waals surface area contributed by atoms with Crippen LogP contribution in [0.25, 0.3) is 22.2 Å². The van der Waals surface area contributed by atoms with Crippen molar-refractivity contribution in [2.75, 3.05) is 27.2 Å². The number of likely N-dealkylation sites (N-methyl/N-ethyl adjacent to an activating group) is 1. The Morgan fingerprint density at radius 3 is 2.56 bits per heavy atom. The summed E-state index contributed by atoms with van der Waals surface area (Å²) in [6.07, 6.45) is 7.07. The van der Waals surface area contributed by atoms with Gasteiger partial charge in [-0.1, -0.05) is 49.6 Å². The number of carbonyl (C=O) groups excluding carboxylic acids is 1. The maximum absolute atomic E-state index is 13.3. The fraction of sp³-hybridized carbons (Fsp3) is 0.467. The van der Waals surface area contributed by atoms with E-state index < -0.39 is 5.97 Å². The highest BCUT2D eigenvalue weighted by molar-refractivity contribution is 5.98. The molecule has 3 heterocycles. The van der Waals surface area contributed by atoms with E-state index in [0.717, 1.165) is 25.0 Å². The van der Waals surface area contributed by atoms with E-state index in [0.29, 0.717) is 23.9 Å². The van der Waals surface area contributed by atoms with Crippen LogP contribution in [0.3, 0.4) is 0 Å². The van der Waals surface area contributed by atoms with Crippen LogP contribution in [-0.4, -0.2) is 58.5 Å². The quantitative estimate of drug-likeness (QED) is 0.529. The molecule has 1 amide bonds. The van der Waals surface area contributed by atoms with Crippen LogP contribution in [0, 0.1) is 5.92 Å². The minimum Gasteiger partial charge on any atom is -0.478 e. The molecule has 0 radical (unpaired) electrons. The zero-order valence-electron chi connectivity index (χ0n) is 21.2. The third-order valence-electron chi connectivity index (χ3n) is 8.61. The number of amides is 1. The standard InChI is InChI=1S/C30H35N3O3/c1-31(2)18-26(34)32-15-14-21-17-33-25-16-20(30(35)36)12-13-24(25)27(19-8-4-3-5-9-19)29(33)23-11-7-6-10-22(23)28(21)32/h6-7,10-13,16,19,21,28H,3-5,8-9,14-15,17-18H2,1-2H3,(H,35,36)/t21-,28+/m0/s1. The maximum Gasteiger partial charge on any atom is 0.335 e. The molecule has 1 aliphatic carbocycles. The molecule has 6 heteroatoms. The summed E-state index contributed by atoms with van der Waals surface area (Å²) in [7, 11) is 3.89. The molecule has 1 N–H and O–H groups in total. The normalized spacial score (nSPS) is 21.8. The number of aromatic carboxylic acids is 1. The molecule has 3 aliphatic rings. The average molecular weight is 486 g/mol. The highest BCUT2D eigenvalue weighted by atomic mass is 16.4. The minimum absolute atomic E-state index is 0.0467. The first kappa shape index (κ1) is 23.3. The van der Waals surface area contributed by atoms with Gasteiger partial charge >= 0.3 is 5.97 Å². The van der Waals surface area contributed by atoms with Gasteiger partial charge in [0.25, 0.3) is 0 Å². The number of hydrogen-bond acceptors (Lipinski definition) is 3. The zero-order valence-corrected chi connectivity index (χ0v) is 21.2. The van der Waals surface area contributed by atoms with Gasteiger partial charge in [0.05, 0.1) is 23.8 Å². The van der Waals surface area contributed by atoms with Crippen molar-refractivity contribution in [3.05, 3.63) is 59.2 Å². The number of likely N-dealkylation sites (tertiary alicyclic amines) is 1. The molecule has 188 valence electrons. The van der Waals surface area contributed by atoms with Crippen LogP contribution in [0.1, 0.15) is 72.0 Å². The van der Waals surface area contributed by atoms with Crippen LogP contribution in [0.15, 0.2) is 42.5 Å². The second-order valence-corrected chi connectivity index (χ2v) is 11.2. The summed E-state index contributed by atoms with van der Waals surface area (Å²) in [6.45, 7) is 1.98. The first-order valence-electron chi connectivity index (χ1n) is 13.4. The lowest BCUT2D eigenvalue weighted by Crippen LogP contribution is -2.38. The van der Waals surface area contributed by atoms with E-state index in [9.17, 15) is 14.7 Å². The van der Waals surface area contributed by atoms with E-state index in [1.807, 2.05) is 31.1 Å². The fourth-order valence-electron chi connectivity index (χ4n) is 7.11. The van der Waals surface area contributed by atoms with Crippen LogP contribution >= 0.6 is 0 Å². The second-order valence-electron chi connectivity index (χ2n) is 11.2. The SMILES string of the molecule is CN(C)CC(=O)N1CC[C@H]2Cn3c(c(C4CCCCC4)c4ccc(C(=O)O)cc43)-c3ccccc3[C@@H]21. The van der Waals surface area contributed by atoms with Gasteiger partial charge in [-0.2, -0.15) is 0 Å². The lowest BCUT2D eigenvalue weighted by Gasteiger charge is -2.30. The van der Waals surface area contributed by atoms with E-state index in [2.05, 4.69) is 33.7 Å². The first-order chi connectivity index (χ1) is 17.4. The summed E-state index contributed by atoms with van der Waals surface area (Å²) < 4.78 is 2.41. The van der Waals surface area contributed by atoms with Gasteiger partial charge < -0.3 is 19.5 Å². The Bertz CT molecular complexity index is 1330. The first-order valence-corrected chi connectivity index (χ1v) is 13.4. The minimum atomic E-state index is -0.889. The molecule has 1 saturated heterocycles. The third kappa shape index (κ3) is 3.74. The Hall–Kier alpha value is -3.12. The number of carboxylic acids is 1. The number of nitrogens with zero attached hydrogens (tertiary/aromatic N) is 3. The lowest BCUT2D eigenvalue weighted by molar-refractivity contribution is -0.133. The highest BCUT2D eigenvalue weighted by Crippen LogP contribution is 2.51. The molecule has 2 atom stereocenters. The number of fused-ring (bicyclic) bond motifs is 7. The van der Waals surface area contributed by atoms with Crippen molar-refractivity contribution in [1.82, 2.24) is 14.4 Å². The van der Waals surface area contributed by atoms with Gasteiger partial charge in [0, 0.05) is 35.5 Å². The van der Waals surface area contributed by atoms with Gasteiger partial charge in [-0.25, -0.2) is 4.79 Å². The van der Waals surface area contributed by atoms with Gasteiger partial charge in [0.15, 0.2) is 0 Å². The fourth-order valence-corrected chi connectivity index (χ4v) is 7.11. The summed E-state index contributed by atoms with van der Waals surface area (Å²) in [5.74, 6) is 0.0618. The van der Waals surface area contributed by atoms with E-state index in [1.54, 1.807) is 6.07 Å². The molecule has 2 fully saturated rings. The van der Waals surface area contributed by atoms with Gasteiger partial charge in [0.1, 0.15) is 0 Å². The number of rotatable bonds is 4. The number of carbonyl (C=O) groups is 2. The highest BCUT2D eigenvalue weighted by Gasteiger charge is 2.43. The number of hydrogen-bond donors (Lipinski definition) is 1. The predicted octanol–water partition coefficient (Wildman–Crippen LogP) is 5.52. The molecule has 2 aliphatic heterocycles. The van der Waals surface area contributed by atoms with Crippen LogP contribution < -0.4 is 0 Å². The molecule has 2 aromatic carbocycles. The summed E-state index contributed by atoms with van der Waals surface area (Å²) in [6, 6.07) is 14.4. The second kappa shape index (κ2) is 9.07. The maximum atomic E-state index is 13.3. The smallest absolute Gasteiger partial charge is 0.335 e. The van der Waals surface area contributed by atoms with Crippen LogP contribution in [0.2, 0.25) is 0 Å².